The molecule has 0 spiro atoms. The normalized spacial score (nSPS) is 15.4. The number of hydrogen-bond acceptors (Lipinski definition) is 6. The maximum Gasteiger partial charge on any atom is 0.230 e. The Bertz CT molecular complexity index is 955. The van der Waals surface area contributed by atoms with Crippen LogP contribution in [0.4, 0.5) is 4.39 Å². The van der Waals surface area contributed by atoms with Gasteiger partial charge >= 0.3 is 0 Å². The first-order valence-electron chi connectivity index (χ1n) is 9.16. The van der Waals surface area contributed by atoms with Gasteiger partial charge in [-0.15, -0.1) is 11.3 Å². The van der Waals surface area contributed by atoms with Crippen molar-refractivity contribution in [3.63, 3.8) is 0 Å². The number of aromatic nitrogens is 2. The Morgan fingerprint density at radius 3 is 2.96 bits per heavy atom. The number of amides is 1. The third kappa shape index (κ3) is 4.23. The Morgan fingerprint density at radius 2 is 2.11 bits per heavy atom. The zero-order valence-electron chi connectivity index (χ0n) is 14.9. The molecule has 27 heavy (non-hydrogen) atoms. The van der Waals surface area contributed by atoms with Gasteiger partial charge in [0.1, 0.15) is 17.2 Å². The molecule has 0 atom stereocenters. The molecule has 0 bridgehead atoms. The smallest absolute Gasteiger partial charge is 0.230 e. The van der Waals surface area contributed by atoms with Crippen LogP contribution in [0, 0.1) is 5.82 Å². The van der Waals surface area contributed by atoms with Crippen molar-refractivity contribution in [3.05, 3.63) is 30.3 Å². The van der Waals surface area contributed by atoms with Gasteiger partial charge in [-0.1, -0.05) is 24.2 Å². The molecule has 1 N–H and O–H groups in total. The molecular weight excluding hydrogens is 383 g/mol. The minimum absolute atomic E-state index is 0.00365. The molecule has 0 unspecified atom stereocenters. The molecule has 4 rings (SSSR count). The van der Waals surface area contributed by atoms with E-state index >= 15 is 0 Å². The van der Waals surface area contributed by atoms with Gasteiger partial charge in [0.2, 0.25) is 5.91 Å². The molecule has 1 fully saturated rings. The van der Waals surface area contributed by atoms with Crippen LogP contribution in [0.5, 0.6) is 0 Å². The molecule has 1 aliphatic rings. The molecule has 0 saturated carbocycles. The lowest BCUT2D eigenvalue weighted by Gasteiger charge is -2.26. The molecule has 1 aromatic carbocycles. The summed E-state index contributed by atoms with van der Waals surface area (Å²) in [6.45, 7) is 3.84. The Balaban J connectivity index is 1.38. The average molecular weight is 405 g/mol. The van der Waals surface area contributed by atoms with Gasteiger partial charge in [0, 0.05) is 17.8 Å². The molecule has 8 heteroatoms. The standard InChI is InChI=1S/C19H21FN4OS2/c20-13-5-4-6-14-16(13)17-18(27-14)19(23-12-22-17)26-11-15(25)21-7-10-24-8-2-1-3-9-24/h4-6,12H,1-3,7-11H2,(H,21,25). The van der Waals surface area contributed by atoms with Crippen LogP contribution in [0.25, 0.3) is 20.3 Å². The summed E-state index contributed by atoms with van der Waals surface area (Å²) in [4.78, 5) is 23.1. The number of thioether (sulfide) groups is 1. The van der Waals surface area contributed by atoms with Crippen LogP contribution >= 0.6 is 23.1 Å². The van der Waals surface area contributed by atoms with Crippen LogP contribution in [0.15, 0.2) is 29.6 Å². The number of carbonyl (C=O) groups excluding carboxylic acids is 1. The highest BCUT2D eigenvalue weighted by atomic mass is 32.2. The number of rotatable bonds is 6. The van der Waals surface area contributed by atoms with Gasteiger partial charge in [-0.25, -0.2) is 14.4 Å². The average Bonchev–Trinajstić information content (AvgIpc) is 3.08. The Kier molecular flexibility index (Phi) is 5.85. The van der Waals surface area contributed by atoms with Gasteiger partial charge in [-0.3, -0.25) is 4.79 Å². The van der Waals surface area contributed by atoms with Crippen molar-refractivity contribution < 1.29 is 9.18 Å². The van der Waals surface area contributed by atoms with E-state index in [9.17, 15) is 9.18 Å². The lowest BCUT2D eigenvalue weighted by molar-refractivity contribution is -0.118. The first-order valence-corrected chi connectivity index (χ1v) is 11.0. The molecule has 0 aliphatic carbocycles. The second kappa shape index (κ2) is 8.50. The van der Waals surface area contributed by atoms with Gasteiger partial charge in [-0.2, -0.15) is 0 Å². The van der Waals surface area contributed by atoms with Crippen molar-refractivity contribution in [1.29, 1.82) is 0 Å². The van der Waals surface area contributed by atoms with Crippen LogP contribution in [0.3, 0.4) is 0 Å². The summed E-state index contributed by atoms with van der Waals surface area (Å²) < 4.78 is 15.8. The first-order chi connectivity index (χ1) is 13.2. The second-order valence-corrected chi connectivity index (χ2v) is 8.63. The molecule has 0 radical (unpaired) electrons. The fraction of sp³-hybridized carbons (Fsp3) is 0.421. The lowest BCUT2D eigenvalue weighted by atomic mass is 10.1. The summed E-state index contributed by atoms with van der Waals surface area (Å²) in [5, 5.41) is 4.25. The van der Waals surface area contributed by atoms with Crippen LogP contribution in [-0.4, -0.2) is 52.7 Å². The van der Waals surface area contributed by atoms with Gasteiger partial charge in [0.05, 0.1) is 21.4 Å². The molecule has 3 heterocycles. The molecular formula is C19H21FN4OS2. The maximum absolute atomic E-state index is 14.2. The number of likely N-dealkylation sites (tertiary alicyclic amines) is 1. The van der Waals surface area contributed by atoms with Gasteiger partial charge < -0.3 is 10.2 Å². The van der Waals surface area contributed by atoms with E-state index < -0.39 is 0 Å². The molecule has 2 aromatic heterocycles. The largest absolute Gasteiger partial charge is 0.354 e. The van der Waals surface area contributed by atoms with Crippen molar-refractivity contribution in [2.24, 2.45) is 0 Å². The highest BCUT2D eigenvalue weighted by molar-refractivity contribution is 8.00. The summed E-state index contributed by atoms with van der Waals surface area (Å²) in [6, 6.07) is 5.02. The number of halogens is 1. The number of piperidine rings is 1. The number of carbonyl (C=O) groups is 1. The molecule has 1 saturated heterocycles. The van der Waals surface area contributed by atoms with E-state index in [1.807, 2.05) is 6.07 Å². The van der Waals surface area contributed by atoms with E-state index in [1.54, 1.807) is 6.07 Å². The highest BCUT2D eigenvalue weighted by Crippen LogP contribution is 2.38. The number of nitrogens with zero attached hydrogens (tertiary/aromatic N) is 3. The summed E-state index contributed by atoms with van der Waals surface area (Å²) in [6.07, 6.45) is 5.26. The van der Waals surface area contributed by atoms with E-state index in [4.69, 9.17) is 0 Å². The fourth-order valence-corrected chi connectivity index (χ4v) is 5.46. The summed E-state index contributed by atoms with van der Waals surface area (Å²) >= 11 is 2.84. The van der Waals surface area contributed by atoms with Crippen molar-refractivity contribution in [3.8, 4) is 0 Å². The third-order valence-electron chi connectivity index (χ3n) is 4.73. The lowest BCUT2D eigenvalue weighted by Crippen LogP contribution is -2.38. The summed E-state index contributed by atoms with van der Waals surface area (Å²) in [5.41, 5.74) is 0.621. The SMILES string of the molecule is O=C(CSc1ncnc2c1sc1cccc(F)c12)NCCN1CCCCC1. The Labute approximate surface area is 165 Å². The van der Waals surface area contributed by atoms with Gasteiger partial charge in [0.15, 0.2) is 0 Å². The van der Waals surface area contributed by atoms with E-state index in [0.29, 0.717) is 23.2 Å². The first kappa shape index (κ1) is 18.6. The summed E-state index contributed by atoms with van der Waals surface area (Å²) in [7, 11) is 0. The van der Waals surface area contributed by atoms with Crippen LogP contribution < -0.4 is 5.32 Å². The topological polar surface area (TPSA) is 58.1 Å². The molecule has 3 aromatic rings. The van der Waals surface area contributed by atoms with Crippen LogP contribution in [0.2, 0.25) is 0 Å². The quantitative estimate of drug-likeness (QED) is 0.502. The number of benzene rings is 1. The zero-order chi connectivity index (χ0) is 18.6. The molecule has 142 valence electrons. The Morgan fingerprint density at radius 1 is 1.26 bits per heavy atom. The minimum Gasteiger partial charge on any atom is -0.354 e. The predicted molar refractivity (Wildman–Crippen MR) is 109 cm³/mol. The van der Waals surface area contributed by atoms with Crippen molar-refractivity contribution in [2.45, 2.75) is 24.3 Å². The maximum atomic E-state index is 14.2. The van der Waals surface area contributed by atoms with E-state index in [-0.39, 0.29) is 11.7 Å². The van der Waals surface area contributed by atoms with Gasteiger partial charge in [0.25, 0.3) is 0 Å². The van der Waals surface area contributed by atoms with E-state index in [1.165, 1.54) is 54.8 Å². The fourth-order valence-electron chi connectivity index (χ4n) is 3.38. The number of hydrogen-bond donors (Lipinski definition) is 1. The van der Waals surface area contributed by atoms with Crippen molar-refractivity contribution in [2.75, 3.05) is 31.9 Å². The number of fused-ring (bicyclic) bond motifs is 3. The van der Waals surface area contributed by atoms with Crippen molar-refractivity contribution in [1.82, 2.24) is 20.2 Å². The zero-order valence-corrected chi connectivity index (χ0v) is 16.5. The number of nitrogens with one attached hydrogen (secondary N) is 1. The third-order valence-corrected chi connectivity index (χ3v) is 7.00. The molecule has 1 amide bonds. The van der Waals surface area contributed by atoms with E-state index in [2.05, 4.69) is 20.2 Å². The Hall–Kier alpha value is -1.77. The van der Waals surface area contributed by atoms with Crippen molar-refractivity contribution >= 4 is 49.3 Å². The summed E-state index contributed by atoms with van der Waals surface area (Å²) in [5.74, 6) is 0.0166. The minimum atomic E-state index is -0.274. The second-order valence-electron chi connectivity index (χ2n) is 6.61. The van der Waals surface area contributed by atoms with Gasteiger partial charge in [-0.05, 0) is 38.1 Å². The van der Waals surface area contributed by atoms with E-state index in [0.717, 1.165) is 34.1 Å². The molecule has 5 nitrogen and oxygen atoms in total. The van der Waals surface area contributed by atoms with Crippen LogP contribution in [0.1, 0.15) is 19.3 Å². The predicted octanol–water partition coefficient (Wildman–Crippen LogP) is 3.68. The van der Waals surface area contributed by atoms with Crippen LogP contribution in [-0.2, 0) is 4.79 Å². The monoisotopic (exact) mass is 404 g/mol. The number of thiophene rings is 1. The molecule has 1 aliphatic heterocycles. The highest BCUT2D eigenvalue weighted by Gasteiger charge is 2.16.